The lowest BCUT2D eigenvalue weighted by Crippen LogP contribution is -1.87. The third-order valence-electron chi connectivity index (χ3n) is 0.690. The van der Waals surface area contributed by atoms with Gasteiger partial charge in [-0.3, -0.25) is 4.98 Å². The Labute approximate surface area is 51.2 Å². The van der Waals surface area contributed by atoms with Crippen molar-refractivity contribution in [3.05, 3.63) is 28.4 Å². The fourth-order valence-corrected chi connectivity index (χ4v) is 0.458. The molecule has 0 atom stereocenters. The quantitative estimate of drug-likeness (QED) is 0.487. The second-order valence-corrected chi connectivity index (χ2v) is 1.66. The maximum Gasteiger partial charge on any atom is 0.119 e. The average Bonchev–Trinajstić information content (AvgIpc) is 1.77. The molecule has 0 radical (unpaired) electrons. The van der Waals surface area contributed by atoms with Crippen LogP contribution < -0.4 is 0 Å². The highest BCUT2D eigenvalue weighted by Gasteiger charge is 1.72. The largest absolute Gasteiger partial charge is 0.805 e. The first-order valence-electron chi connectivity index (χ1n) is 2.01. The van der Waals surface area contributed by atoms with Crippen LogP contribution in [0.4, 0.5) is 0 Å². The Morgan fingerprint density at radius 1 is 1.75 bits per heavy atom. The third kappa shape index (κ3) is 0.840. The van der Waals surface area contributed by atoms with Crippen LogP contribution in [-0.2, 0) is 0 Å². The molecular formula is C4H3N2OS-. The van der Waals surface area contributed by atoms with E-state index in [-0.39, 0.29) is 4.64 Å². The molecule has 0 unspecified atom stereocenters. The molecule has 8 heavy (non-hydrogen) atoms. The summed E-state index contributed by atoms with van der Waals surface area (Å²) in [5.74, 6) is 0. The van der Waals surface area contributed by atoms with E-state index in [2.05, 4.69) is 17.2 Å². The number of hydrogen-bond acceptors (Lipinski definition) is 3. The van der Waals surface area contributed by atoms with Crippen LogP contribution in [0.1, 0.15) is 0 Å². The Morgan fingerprint density at radius 3 is 2.88 bits per heavy atom. The summed E-state index contributed by atoms with van der Waals surface area (Å²) in [6.07, 6.45) is 3.99. The van der Waals surface area contributed by atoms with E-state index in [4.69, 9.17) is 0 Å². The van der Waals surface area contributed by atoms with Crippen LogP contribution in [0.3, 0.4) is 0 Å². The average molecular weight is 127 g/mol. The summed E-state index contributed by atoms with van der Waals surface area (Å²) in [4.78, 5) is 3.62. The summed E-state index contributed by atoms with van der Waals surface area (Å²) in [5, 5.41) is 10.4. The van der Waals surface area contributed by atoms with Gasteiger partial charge in [-0.05, 0) is 0 Å². The van der Waals surface area contributed by atoms with Gasteiger partial charge in [0.2, 0.25) is 0 Å². The van der Waals surface area contributed by atoms with Crippen molar-refractivity contribution < 1.29 is 0 Å². The molecule has 0 aliphatic heterocycles. The molecule has 1 aromatic rings. The Morgan fingerprint density at radius 2 is 2.50 bits per heavy atom. The van der Waals surface area contributed by atoms with Gasteiger partial charge < -0.3 is 9.94 Å². The molecule has 0 saturated heterocycles. The zero-order valence-corrected chi connectivity index (χ0v) is 4.76. The predicted molar refractivity (Wildman–Crippen MR) is 31.8 cm³/mol. The van der Waals surface area contributed by atoms with Crippen LogP contribution in [0, 0.1) is 9.85 Å². The summed E-state index contributed by atoms with van der Waals surface area (Å²) in [6, 6.07) is 0. The van der Waals surface area contributed by atoms with Crippen LogP contribution in [-0.4, -0.2) is 9.71 Å². The molecule has 0 fully saturated rings. The highest BCUT2D eigenvalue weighted by molar-refractivity contribution is 7.71. The smallest absolute Gasteiger partial charge is 0.119 e. The van der Waals surface area contributed by atoms with Gasteiger partial charge in [0.15, 0.2) is 0 Å². The van der Waals surface area contributed by atoms with Crippen LogP contribution in [0.5, 0.6) is 0 Å². The van der Waals surface area contributed by atoms with Crippen molar-refractivity contribution in [2.45, 2.75) is 0 Å². The molecule has 0 saturated carbocycles. The second-order valence-electron chi connectivity index (χ2n) is 1.24. The van der Waals surface area contributed by atoms with Gasteiger partial charge >= 0.3 is 0 Å². The van der Waals surface area contributed by atoms with E-state index in [1.54, 1.807) is 0 Å². The zero-order valence-electron chi connectivity index (χ0n) is 3.94. The first kappa shape index (κ1) is 5.24. The topological polar surface area (TPSA) is 40.9 Å². The molecule has 0 N–H and O–H groups in total. The molecule has 0 amide bonds. The Bertz CT molecular complexity index is 231. The van der Waals surface area contributed by atoms with Crippen molar-refractivity contribution >= 4 is 12.2 Å². The minimum absolute atomic E-state index is 0.201. The van der Waals surface area contributed by atoms with E-state index in [1.807, 2.05) is 0 Å². The first-order valence-corrected chi connectivity index (χ1v) is 2.42. The van der Waals surface area contributed by atoms with Crippen molar-refractivity contribution in [1.82, 2.24) is 9.71 Å². The highest BCUT2D eigenvalue weighted by atomic mass is 32.1. The Hall–Kier alpha value is -0.900. The normalized spacial score (nSPS) is 9.00. The van der Waals surface area contributed by atoms with Gasteiger partial charge in [-0.1, -0.05) is 12.2 Å². The highest BCUT2D eigenvalue weighted by Crippen LogP contribution is 1.83. The SMILES string of the molecule is [O-]n1ccncc1=S. The number of hydrogen-bond donors (Lipinski definition) is 0. The molecule has 0 spiro atoms. The van der Waals surface area contributed by atoms with E-state index in [0.717, 1.165) is 0 Å². The number of rotatable bonds is 0. The summed E-state index contributed by atoms with van der Waals surface area (Å²) >= 11 is 4.54. The molecule has 1 rings (SSSR count). The maximum absolute atomic E-state index is 10.4. The lowest BCUT2D eigenvalue weighted by atomic mass is 10.8. The van der Waals surface area contributed by atoms with Crippen LogP contribution in [0.2, 0.25) is 0 Å². The van der Waals surface area contributed by atoms with Gasteiger partial charge in [-0.15, -0.1) is 0 Å². The first-order chi connectivity index (χ1) is 3.80. The van der Waals surface area contributed by atoms with E-state index in [1.165, 1.54) is 18.6 Å². The molecule has 3 nitrogen and oxygen atoms in total. The van der Waals surface area contributed by atoms with Crippen LogP contribution in [0.15, 0.2) is 18.6 Å². The molecular weight excluding hydrogens is 124 g/mol. The zero-order chi connectivity index (χ0) is 5.98. The van der Waals surface area contributed by atoms with Gasteiger partial charge in [-0.2, -0.15) is 0 Å². The van der Waals surface area contributed by atoms with Crippen molar-refractivity contribution in [3.8, 4) is 0 Å². The van der Waals surface area contributed by atoms with Crippen molar-refractivity contribution in [2.75, 3.05) is 0 Å². The van der Waals surface area contributed by atoms with Crippen LogP contribution in [0.25, 0.3) is 0 Å². The molecule has 4 heteroatoms. The van der Waals surface area contributed by atoms with Gasteiger partial charge in [-0.25, -0.2) is 0 Å². The minimum atomic E-state index is 0.201. The van der Waals surface area contributed by atoms with Gasteiger partial charge in [0.05, 0.1) is 6.20 Å². The Balaban J connectivity index is 3.35. The summed E-state index contributed by atoms with van der Waals surface area (Å²) in [6.45, 7) is 0. The lowest BCUT2D eigenvalue weighted by molar-refractivity contribution is 1.00. The van der Waals surface area contributed by atoms with Gasteiger partial charge in [0, 0.05) is 12.4 Å². The van der Waals surface area contributed by atoms with Gasteiger partial charge in [0.1, 0.15) is 4.64 Å². The van der Waals surface area contributed by atoms with E-state index >= 15 is 0 Å². The predicted octanol–water partition coefficient (Wildman–Crippen LogP) is 0.958. The second kappa shape index (κ2) is 1.92. The van der Waals surface area contributed by atoms with Crippen molar-refractivity contribution in [1.29, 1.82) is 0 Å². The molecule has 1 heterocycles. The molecule has 0 aliphatic rings. The molecule has 0 aliphatic carbocycles. The fourth-order valence-electron chi connectivity index (χ4n) is 0.336. The molecule has 1 aromatic heterocycles. The summed E-state index contributed by atoms with van der Waals surface area (Å²) in [5.41, 5.74) is 0. The van der Waals surface area contributed by atoms with Gasteiger partial charge in [0.25, 0.3) is 0 Å². The lowest BCUT2D eigenvalue weighted by Gasteiger charge is -2.06. The fraction of sp³-hybridized carbons (Fsp3) is 0. The standard InChI is InChI=1S/C4H3N2OS/c7-6-2-1-5-3-4(6)8/h1-3H/q-1. The molecule has 0 bridgehead atoms. The third-order valence-corrected chi connectivity index (χ3v) is 0.976. The Kier molecular flexibility index (Phi) is 1.26. The number of nitrogens with zero attached hydrogens (tertiary/aromatic N) is 2. The monoisotopic (exact) mass is 127 g/mol. The molecule has 42 valence electrons. The number of aromatic nitrogens is 2. The van der Waals surface area contributed by atoms with E-state index in [9.17, 15) is 5.21 Å². The maximum atomic E-state index is 10.4. The van der Waals surface area contributed by atoms with E-state index < -0.39 is 0 Å². The molecule has 0 aromatic carbocycles. The van der Waals surface area contributed by atoms with Crippen LogP contribution >= 0.6 is 12.2 Å². The van der Waals surface area contributed by atoms with E-state index in [0.29, 0.717) is 4.73 Å². The summed E-state index contributed by atoms with van der Waals surface area (Å²) < 4.78 is 0.787. The summed E-state index contributed by atoms with van der Waals surface area (Å²) in [7, 11) is 0. The van der Waals surface area contributed by atoms with Crippen molar-refractivity contribution in [3.63, 3.8) is 0 Å². The van der Waals surface area contributed by atoms with Crippen molar-refractivity contribution in [2.24, 2.45) is 0 Å². The minimum Gasteiger partial charge on any atom is -0.805 e.